The Morgan fingerprint density at radius 2 is 2.33 bits per heavy atom. The zero-order chi connectivity index (χ0) is 8.77. The maximum absolute atomic E-state index is 11.6. The third kappa shape index (κ3) is 0.954. The normalized spacial score (nSPS) is 46.3. The van der Waals surface area contributed by atoms with E-state index in [4.69, 9.17) is 0 Å². The molecular formula is C11H16O. The fourth-order valence-corrected chi connectivity index (χ4v) is 2.93. The Balaban J connectivity index is 2.35. The summed E-state index contributed by atoms with van der Waals surface area (Å²) in [6, 6.07) is 0. The Kier molecular flexibility index (Phi) is 1.64. The van der Waals surface area contributed by atoms with E-state index in [0.29, 0.717) is 23.0 Å². The van der Waals surface area contributed by atoms with Crippen LogP contribution in [0.25, 0.3) is 0 Å². The molecule has 0 radical (unpaired) electrons. The molecule has 0 N–H and O–H groups in total. The largest absolute Gasteiger partial charge is 0.299 e. The lowest BCUT2D eigenvalue weighted by molar-refractivity contribution is -0.123. The van der Waals surface area contributed by atoms with E-state index >= 15 is 0 Å². The van der Waals surface area contributed by atoms with Gasteiger partial charge in [-0.3, -0.25) is 4.79 Å². The van der Waals surface area contributed by atoms with E-state index in [1.165, 1.54) is 0 Å². The summed E-state index contributed by atoms with van der Waals surface area (Å²) in [7, 11) is 0. The SMILES string of the molecule is C[C@@H]1C=CC[C@]2(C)CCC(=O)[C@@H]12. The summed E-state index contributed by atoms with van der Waals surface area (Å²) in [5, 5.41) is 0. The monoisotopic (exact) mass is 164 g/mol. The van der Waals surface area contributed by atoms with Crippen LogP contribution in [0.3, 0.4) is 0 Å². The number of carbonyl (C=O) groups excluding carboxylic acids is 1. The summed E-state index contributed by atoms with van der Waals surface area (Å²) >= 11 is 0. The number of carbonyl (C=O) groups is 1. The molecule has 0 aromatic carbocycles. The van der Waals surface area contributed by atoms with Crippen LogP contribution in [0.5, 0.6) is 0 Å². The van der Waals surface area contributed by atoms with Crippen LogP contribution < -0.4 is 0 Å². The highest BCUT2D eigenvalue weighted by Gasteiger charge is 2.47. The Morgan fingerprint density at radius 3 is 3.00 bits per heavy atom. The lowest BCUT2D eigenvalue weighted by Gasteiger charge is -2.35. The van der Waals surface area contributed by atoms with Crippen LogP contribution in [-0.4, -0.2) is 5.78 Å². The van der Waals surface area contributed by atoms with Gasteiger partial charge in [0, 0.05) is 12.3 Å². The predicted octanol–water partition coefficient (Wildman–Crippen LogP) is 2.57. The molecule has 1 heteroatoms. The molecule has 0 heterocycles. The standard InChI is InChI=1S/C11H16O/c1-8-4-3-6-11(2)7-5-9(12)10(8)11/h3-4,8,10H,5-7H2,1-2H3/t8-,10-,11-/m1/s1. The van der Waals surface area contributed by atoms with Gasteiger partial charge in [-0.2, -0.15) is 0 Å². The third-order valence-electron chi connectivity index (χ3n) is 3.59. The van der Waals surface area contributed by atoms with Crippen molar-refractivity contribution in [2.75, 3.05) is 0 Å². The quantitative estimate of drug-likeness (QED) is 0.503. The molecule has 0 aromatic rings. The number of allylic oxidation sites excluding steroid dienone is 2. The summed E-state index contributed by atoms with van der Waals surface area (Å²) in [4.78, 5) is 11.6. The summed E-state index contributed by atoms with van der Waals surface area (Å²) in [6.45, 7) is 4.43. The van der Waals surface area contributed by atoms with E-state index in [1.807, 2.05) is 0 Å². The highest BCUT2D eigenvalue weighted by Crippen LogP contribution is 2.49. The molecule has 2 rings (SSSR count). The molecule has 66 valence electrons. The number of fused-ring (bicyclic) bond motifs is 1. The highest BCUT2D eigenvalue weighted by atomic mass is 16.1. The van der Waals surface area contributed by atoms with Crippen LogP contribution >= 0.6 is 0 Å². The first-order valence-corrected chi connectivity index (χ1v) is 4.83. The Hall–Kier alpha value is -0.590. The minimum Gasteiger partial charge on any atom is -0.299 e. The number of Topliss-reactive ketones (excluding diaryl/α,β-unsaturated/α-hetero) is 1. The van der Waals surface area contributed by atoms with Crippen LogP contribution in [0.2, 0.25) is 0 Å². The van der Waals surface area contributed by atoms with Crippen LogP contribution in [0.1, 0.15) is 33.1 Å². The second-order valence-corrected chi connectivity index (χ2v) is 4.59. The second kappa shape index (κ2) is 2.45. The summed E-state index contributed by atoms with van der Waals surface area (Å²) in [5.74, 6) is 1.29. The smallest absolute Gasteiger partial charge is 0.137 e. The van der Waals surface area contributed by atoms with E-state index in [0.717, 1.165) is 19.3 Å². The van der Waals surface area contributed by atoms with Crippen molar-refractivity contribution in [1.82, 2.24) is 0 Å². The van der Waals surface area contributed by atoms with Gasteiger partial charge in [-0.15, -0.1) is 0 Å². The summed E-state index contributed by atoms with van der Waals surface area (Å²) in [5.41, 5.74) is 0.297. The van der Waals surface area contributed by atoms with Crippen LogP contribution in [0.15, 0.2) is 12.2 Å². The molecule has 1 saturated carbocycles. The molecular weight excluding hydrogens is 148 g/mol. The molecule has 0 aliphatic heterocycles. The van der Waals surface area contributed by atoms with Gasteiger partial charge in [0.25, 0.3) is 0 Å². The molecule has 0 unspecified atom stereocenters. The average molecular weight is 164 g/mol. The van der Waals surface area contributed by atoms with E-state index in [1.54, 1.807) is 0 Å². The molecule has 12 heavy (non-hydrogen) atoms. The number of hydrogen-bond acceptors (Lipinski definition) is 1. The van der Waals surface area contributed by atoms with Crippen molar-refractivity contribution in [3.05, 3.63) is 12.2 Å². The molecule has 3 atom stereocenters. The Morgan fingerprint density at radius 1 is 1.58 bits per heavy atom. The summed E-state index contributed by atoms with van der Waals surface area (Å²) < 4.78 is 0. The van der Waals surface area contributed by atoms with Crippen molar-refractivity contribution in [3.8, 4) is 0 Å². The van der Waals surface area contributed by atoms with Crippen molar-refractivity contribution < 1.29 is 4.79 Å². The first kappa shape index (κ1) is 8.03. The third-order valence-corrected chi connectivity index (χ3v) is 3.59. The minimum atomic E-state index is 0.297. The van der Waals surface area contributed by atoms with E-state index < -0.39 is 0 Å². The maximum atomic E-state index is 11.6. The zero-order valence-corrected chi connectivity index (χ0v) is 7.84. The molecule has 0 saturated heterocycles. The van der Waals surface area contributed by atoms with Crippen LogP contribution in [0, 0.1) is 17.3 Å². The van der Waals surface area contributed by atoms with Crippen molar-refractivity contribution in [2.24, 2.45) is 17.3 Å². The molecule has 1 fully saturated rings. The molecule has 1 nitrogen and oxygen atoms in total. The van der Waals surface area contributed by atoms with E-state index in [9.17, 15) is 4.79 Å². The summed E-state index contributed by atoms with van der Waals surface area (Å²) in [6.07, 6.45) is 7.47. The van der Waals surface area contributed by atoms with Gasteiger partial charge in [0.2, 0.25) is 0 Å². The van der Waals surface area contributed by atoms with Crippen LogP contribution in [-0.2, 0) is 4.79 Å². The maximum Gasteiger partial charge on any atom is 0.137 e. The van der Waals surface area contributed by atoms with Gasteiger partial charge in [0.05, 0.1) is 0 Å². The van der Waals surface area contributed by atoms with Crippen LogP contribution in [0.4, 0.5) is 0 Å². The fraction of sp³-hybridized carbons (Fsp3) is 0.727. The number of rotatable bonds is 0. The van der Waals surface area contributed by atoms with Gasteiger partial charge < -0.3 is 0 Å². The van der Waals surface area contributed by atoms with Gasteiger partial charge in [-0.25, -0.2) is 0 Å². The molecule has 0 amide bonds. The van der Waals surface area contributed by atoms with Crippen molar-refractivity contribution >= 4 is 5.78 Å². The lowest BCUT2D eigenvalue weighted by atomic mass is 9.68. The molecule has 0 aromatic heterocycles. The van der Waals surface area contributed by atoms with Gasteiger partial charge in [-0.05, 0) is 24.2 Å². The molecule has 0 spiro atoms. The average Bonchev–Trinajstić information content (AvgIpc) is 2.29. The van der Waals surface area contributed by atoms with E-state index in [2.05, 4.69) is 26.0 Å². The van der Waals surface area contributed by atoms with E-state index in [-0.39, 0.29) is 0 Å². The first-order chi connectivity index (χ1) is 5.63. The highest BCUT2D eigenvalue weighted by molar-refractivity contribution is 5.84. The molecule has 2 aliphatic carbocycles. The molecule has 0 bridgehead atoms. The number of hydrogen-bond donors (Lipinski definition) is 0. The number of ketones is 1. The second-order valence-electron chi connectivity index (χ2n) is 4.59. The predicted molar refractivity (Wildman–Crippen MR) is 48.8 cm³/mol. The Bertz CT molecular complexity index is 241. The zero-order valence-electron chi connectivity index (χ0n) is 7.84. The topological polar surface area (TPSA) is 17.1 Å². The van der Waals surface area contributed by atoms with Gasteiger partial charge >= 0.3 is 0 Å². The van der Waals surface area contributed by atoms with Crippen molar-refractivity contribution in [1.29, 1.82) is 0 Å². The fourth-order valence-electron chi connectivity index (χ4n) is 2.93. The van der Waals surface area contributed by atoms with Gasteiger partial charge in [-0.1, -0.05) is 26.0 Å². The minimum absolute atomic E-state index is 0.297. The lowest BCUT2D eigenvalue weighted by Crippen LogP contribution is -2.32. The van der Waals surface area contributed by atoms with Crippen molar-refractivity contribution in [2.45, 2.75) is 33.1 Å². The Labute approximate surface area is 73.8 Å². The van der Waals surface area contributed by atoms with Gasteiger partial charge in [0.1, 0.15) is 5.78 Å². The molecule has 2 aliphatic rings. The van der Waals surface area contributed by atoms with Gasteiger partial charge in [0.15, 0.2) is 0 Å². The first-order valence-electron chi connectivity index (χ1n) is 4.83. The van der Waals surface area contributed by atoms with Crippen molar-refractivity contribution in [3.63, 3.8) is 0 Å².